The minimum absolute atomic E-state index is 0.0876. The lowest BCUT2D eigenvalue weighted by atomic mass is 9.98. The third-order valence-corrected chi connectivity index (χ3v) is 4.99. The van der Waals surface area contributed by atoms with Crippen LogP contribution in [0.2, 0.25) is 0 Å². The van der Waals surface area contributed by atoms with Crippen molar-refractivity contribution in [2.75, 3.05) is 24.6 Å². The molecule has 0 amide bonds. The number of para-hydroxylation sites is 2. The lowest BCUT2D eigenvalue weighted by molar-refractivity contribution is -0.138. The Morgan fingerprint density at radius 2 is 1.16 bits per heavy atom. The minimum Gasteiger partial charge on any atom is -0.398 e. The largest absolute Gasteiger partial charge is 0.418 e. The molecule has 0 heterocycles. The molecule has 3 aromatic carbocycles. The summed E-state index contributed by atoms with van der Waals surface area (Å²) in [5.41, 5.74) is 16.6. The van der Waals surface area contributed by atoms with Gasteiger partial charge in [0.15, 0.2) is 0 Å². The molecule has 4 nitrogen and oxygen atoms in total. The van der Waals surface area contributed by atoms with Gasteiger partial charge < -0.3 is 22.5 Å². The second-order valence-electron chi connectivity index (χ2n) is 7.50. The molecule has 0 aliphatic carbocycles. The second-order valence-corrected chi connectivity index (χ2v) is 7.50. The number of rotatable bonds is 6. The molecule has 0 aliphatic rings. The molecule has 7 N–H and O–H groups in total. The molecule has 38 heavy (non-hydrogen) atoms. The number of alkyl halides is 6. The summed E-state index contributed by atoms with van der Waals surface area (Å²) < 4.78 is 76.2. The van der Waals surface area contributed by atoms with Gasteiger partial charge in [-0.1, -0.05) is 69.3 Å². The molecule has 3 rings (SSSR count). The Morgan fingerprint density at radius 1 is 0.684 bits per heavy atom. The highest BCUT2D eigenvalue weighted by atomic mass is 19.4. The monoisotopic (exact) mass is 544 g/mol. The fourth-order valence-electron chi connectivity index (χ4n) is 3.32. The Hall–Kier alpha value is -3.24. The number of hydrogen-bond acceptors (Lipinski definition) is 4. The summed E-state index contributed by atoms with van der Waals surface area (Å²) in [6, 6.07) is 16.8. The van der Waals surface area contributed by atoms with Gasteiger partial charge in [-0.3, -0.25) is 0 Å². The van der Waals surface area contributed by atoms with Gasteiger partial charge in [0.2, 0.25) is 0 Å². The maximum Gasteiger partial charge on any atom is 0.418 e. The van der Waals surface area contributed by atoms with Gasteiger partial charge in [-0.05, 0) is 48.4 Å². The Labute approximate surface area is 221 Å². The zero-order chi connectivity index (χ0) is 29.4. The van der Waals surface area contributed by atoms with Gasteiger partial charge >= 0.3 is 12.4 Å². The first-order valence-corrected chi connectivity index (χ1v) is 12.2. The SMILES string of the molecule is CC.CCCNc1c(Cc2ccccc2N)cccc1C(F)(F)F.CN.NCc1ccccc1C(F)(F)F. The second kappa shape index (κ2) is 17.3. The van der Waals surface area contributed by atoms with E-state index in [4.69, 9.17) is 11.5 Å². The minimum atomic E-state index is -4.38. The molecule has 0 bridgehead atoms. The normalized spacial score (nSPS) is 10.6. The van der Waals surface area contributed by atoms with E-state index in [1.165, 1.54) is 31.3 Å². The van der Waals surface area contributed by atoms with Crippen LogP contribution in [0.3, 0.4) is 0 Å². The number of hydrogen-bond donors (Lipinski definition) is 4. The van der Waals surface area contributed by atoms with E-state index >= 15 is 0 Å². The molecule has 212 valence electrons. The topological polar surface area (TPSA) is 90.1 Å². The van der Waals surface area contributed by atoms with Gasteiger partial charge in [-0.2, -0.15) is 26.3 Å². The highest BCUT2D eigenvalue weighted by Crippen LogP contribution is 2.37. The number of benzene rings is 3. The van der Waals surface area contributed by atoms with Crippen molar-refractivity contribution in [1.29, 1.82) is 0 Å². The van der Waals surface area contributed by atoms with Crippen LogP contribution in [-0.2, 0) is 25.3 Å². The van der Waals surface area contributed by atoms with Gasteiger partial charge in [0.25, 0.3) is 0 Å². The van der Waals surface area contributed by atoms with Crippen LogP contribution in [-0.4, -0.2) is 13.6 Å². The van der Waals surface area contributed by atoms with Gasteiger partial charge in [-0.15, -0.1) is 0 Å². The number of nitrogen functional groups attached to an aromatic ring is 1. The third kappa shape index (κ3) is 11.0. The lowest BCUT2D eigenvalue weighted by Crippen LogP contribution is -2.13. The van der Waals surface area contributed by atoms with Crippen LogP contribution in [0, 0.1) is 0 Å². The van der Waals surface area contributed by atoms with Crippen LogP contribution >= 0.6 is 0 Å². The van der Waals surface area contributed by atoms with Crippen molar-refractivity contribution in [1.82, 2.24) is 0 Å². The molecule has 0 saturated carbocycles. The number of anilines is 2. The predicted octanol–water partition coefficient (Wildman–Crippen LogP) is 7.47. The van der Waals surface area contributed by atoms with E-state index in [1.807, 2.05) is 32.9 Å². The first-order valence-electron chi connectivity index (χ1n) is 12.2. The predicted molar refractivity (Wildman–Crippen MR) is 145 cm³/mol. The molecule has 0 atom stereocenters. The summed E-state index contributed by atoms with van der Waals surface area (Å²) in [5, 5.41) is 2.92. The van der Waals surface area contributed by atoms with Gasteiger partial charge in [-0.25, -0.2) is 0 Å². The maximum atomic E-state index is 13.2. The molecule has 0 aromatic heterocycles. The van der Waals surface area contributed by atoms with E-state index in [9.17, 15) is 26.3 Å². The zero-order valence-electron chi connectivity index (χ0n) is 22.2. The number of nitrogens with one attached hydrogen (secondary N) is 1. The highest BCUT2D eigenvalue weighted by Gasteiger charge is 2.34. The molecule has 0 fully saturated rings. The van der Waals surface area contributed by atoms with Crippen molar-refractivity contribution in [2.24, 2.45) is 11.5 Å². The lowest BCUT2D eigenvalue weighted by Gasteiger charge is -2.18. The van der Waals surface area contributed by atoms with E-state index < -0.39 is 23.5 Å². The van der Waals surface area contributed by atoms with Gasteiger partial charge in [0.1, 0.15) is 0 Å². The summed E-state index contributed by atoms with van der Waals surface area (Å²) >= 11 is 0. The third-order valence-electron chi connectivity index (χ3n) is 4.99. The van der Waals surface area contributed by atoms with Crippen molar-refractivity contribution in [3.63, 3.8) is 0 Å². The standard InChI is InChI=1S/C17H19F3N2.C8H8F3N.C2H6.CH5N/c1-2-10-22-16-13(7-5-8-14(16)17(18,19)20)11-12-6-3-4-9-15(12)21;9-8(10,11)7-4-2-1-3-6(7)5-12;2*1-2/h3-9,22H,2,10-11,21H2,1H3;1-4H,5,12H2;1-2H3;2H2,1H3. The van der Waals surface area contributed by atoms with Crippen molar-refractivity contribution in [3.05, 3.63) is 94.5 Å². The summed E-state index contributed by atoms with van der Waals surface area (Å²) in [4.78, 5) is 0. The molecule has 10 heteroatoms. The Morgan fingerprint density at radius 3 is 1.63 bits per heavy atom. The summed E-state index contributed by atoms with van der Waals surface area (Å²) in [6.07, 6.45) is -7.56. The summed E-state index contributed by atoms with van der Waals surface area (Å²) in [7, 11) is 1.50. The highest BCUT2D eigenvalue weighted by molar-refractivity contribution is 5.61. The molecule has 0 spiro atoms. The zero-order valence-corrected chi connectivity index (χ0v) is 22.2. The van der Waals surface area contributed by atoms with Crippen molar-refractivity contribution in [2.45, 2.75) is 52.5 Å². The van der Waals surface area contributed by atoms with E-state index in [0.717, 1.165) is 24.1 Å². The van der Waals surface area contributed by atoms with Crippen LogP contribution < -0.4 is 22.5 Å². The average Bonchev–Trinajstić information content (AvgIpc) is 2.90. The molecular formula is C28H38F6N4. The van der Waals surface area contributed by atoms with Crippen LogP contribution in [0.5, 0.6) is 0 Å². The van der Waals surface area contributed by atoms with E-state index in [1.54, 1.807) is 18.2 Å². The first-order chi connectivity index (χ1) is 18.0. The Bertz CT molecular complexity index is 1070. The maximum absolute atomic E-state index is 13.2. The van der Waals surface area contributed by atoms with Crippen molar-refractivity contribution >= 4 is 11.4 Å². The molecule has 0 aliphatic heterocycles. The van der Waals surface area contributed by atoms with Gasteiger partial charge in [0, 0.05) is 30.9 Å². The summed E-state index contributed by atoms with van der Waals surface area (Å²) in [5.74, 6) is 0. The fourth-order valence-corrected chi connectivity index (χ4v) is 3.32. The molecular weight excluding hydrogens is 506 g/mol. The summed E-state index contributed by atoms with van der Waals surface area (Å²) in [6.45, 7) is 6.32. The fraction of sp³-hybridized carbons (Fsp3) is 0.357. The van der Waals surface area contributed by atoms with Crippen LogP contribution in [0.25, 0.3) is 0 Å². The first kappa shape index (κ1) is 34.8. The Kier molecular flexibility index (Phi) is 15.8. The van der Waals surface area contributed by atoms with Crippen molar-refractivity contribution < 1.29 is 26.3 Å². The number of halogens is 6. The molecule has 3 aromatic rings. The quantitative estimate of drug-likeness (QED) is 0.191. The molecule has 0 unspecified atom stereocenters. The van der Waals surface area contributed by atoms with Crippen LogP contribution in [0.15, 0.2) is 66.7 Å². The Balaban J connectivity index is 0.000000723. The van der Waals surface area contributed by atoms with E-state index in [0.29, 0.717) is 24.2 Å². The smallest absolute Gasteiger partial charge is 0.398 e. The molecule has 0 radical (unpaired) electrons. The van der Waals surface area contributed by atoms with Crippen LogP contribution in [0.4, 0.5) is 37.7 Å². The van der Waals surface area contributed by atoms with Gasteiger partial charge in [0.05, 0.1) is 11.1 Å². The van der Waals surface area contributed by atoms with E-state index in [-0.39, 0.29) is 17.8 Å². The molecule has 0 saturated heterocycles. The van der Waals surface area contributed by atoms with Crippen molar-refractivity contribution in [3.8, 4) is 0 Å². The number of nitrogens with two attached hydrogens (primary N) is 3. The van der Waals surface area contributed by atoms with Crippen LogP contribution in [0.1, 0.15) is 55.0 Å². The van der Waals surface area contributed by atoms with E-state index in [2.05, 4.69) is 11.1 Å². The average molecular weight is 545 g/mol.